The van der Waals surface area contributed by atoms with E-state index < -0.39 is 5.60 Å². The predicted octanol–water partition coefficient (Wildman–Crippen LogP) is 4.73. The zero-order valence-electron chi connectivity index (χ0n) is 15.5. The third-order valence-corrected chi connectivity index (χ3v) is 4.40. The van der Waals surface area contributed by atoms with Crippen molar-refractivity contribution in [3.63, 3.8) is 0 Å². The van der Waals surface area contributed by atoms with E-state index in [9.17, 15) is 4.79 Å². The molecule has 0 N–H and O–H groups in total. The van der Waals surface area contributed by atoms with E-state index in [0.29, 0.717) is 13.1 Å². The molecule has 0 saturated carbocycles. The van der Waals surface area contributed by atoms with Crippen molar-refractivity contribution in [3.05, 3.63) is 35.9 Å². The van der Waals surface area contributed by atoms with Gasteiger partial charge in [0, 0.05) is 19.7 Å². The summed E-state index contributed by atoms with van der Waals surface area (Å²) in [7, 11) is 0. The Labute approximate surface area is 146 Å². The van der Waals surface area contributed by atoms with Crippen LogP contribution in [0.3, 0.4) is 0 Å². The minimum Gasteiger partial charge on any atom is -0.444 e. The number of hydrogen-bond donors (Lipinski definition) is 0. The standard InChI is InChI=1S/C20H31NO3/c1-5-6-16-23-20(17-10-8-7-9-11-17)12-14-21(15-13-20)18(22)24-19(2,3)4/h7-11H,5-6,12-16H2,1-4H3. The van der Waals surface area contributed by atoms with Crippen molar-refractivity contribution in [3.8, 4) is 0 Å². The summed E-state index contributed by atoms with van der Waals surface area (Å²) in [6.07, 6.45) is 3.57. The van der Waals surface area contributed by atoms with E-state index in [0.717, 1.165) is 32.3 Å². The highest BCUT2D eigenvalue weighted by Gasteiger charge is 2.39. The molecule has 1 aliphatic rings. The molecule has 1 aromatic rings. The zero-order chi connectivity index (χ0) is 17.6. The fourth-order valence-corrected chi connectivity index (χ4v) is 3.05. The third kappa shape index (κ3) is 4.97. The molecule has 2 rings (SSSR count). The molecular weight excluding hydrogens is 302 g/mol. The molecule has 4 heteroatoms. The van der Waals surface area contributed by atoms with Crippen molar-refractivity contribution in [2.45, 2.75) is 64.6 Å². The summed E-state index contributed by atoms with van der Waals surface area (Å²) in [6, 6.07) is 10.4. The average molecular weight is 333 g/mol. The molecule has 0 aromatic heterocycles. The van der Waals surface area contributed by atoms with Gasteiger partial charge in [-0.05, 0) is 45.6 Å². The van der Waals surface area contributed by atoms with E-state index in [-0.39, 0.29) is 11.7 Å². The largest absolute Gasteiger partial charge is 0.444 e. The average Bonchev–Trinajstić information content (AvgIpc) is 2.55. The van der Waals surface area contributed by atoms with Crippen molar-refractivity contribution in [2.24, 2.45) is 0 Å². The summed E-state index contributed by atoms with van der Waals surface area (Å²) in [5.74, 6) is 0. The molecule has 0 bridgehead atoms. The van der Waals surface area contributed by atoms with Gasteiger partial charge in [-0.25, -0.2) is 4.79 Å². The molecule has 1 heterocycles. The number of piperidine rings is 1. The Balaban J connectivity index is 2.05. The molecule has 0 aliphatic carbocycles. The van der Waals surface area contributed by atoms with E-state index in [4.69, 9.17) is 9.47 Å². The number of carbonyl (C=O) groups is 1. The molecule has 4 nitrogen and oxygen atoms in total. The normalized spacial score (nSPS) is 17.6. The molecule has 0 unspecified atom stereocenters. The van der Waals surface area contributed by atoms with E-state index >= 15 is 0 Å². The van der Waals surface area contributed by atoms with Crippen LogP contribution in [0.1, 0.15) is 58.9 Å². The lowest BCUT2D eigenvalue weighted by Gasteiger charge is -2.42. The van der Waals surface area contributed by atoms with Crippen LogP contribution < -0.4 is 0 Å². The van der Waals surface area contributed by atoms with Crippen LogP contribution in [0.5, 0.6) is 0 Å². The first-order valence-corrected chi connectivity index (χ1v) is 9.04. The molecular formula is C20H31NO3. The van der Waals surface area contributed by atoms with Crippen molar-refractivity contribution >= 4 is 6.09 Å². The van der Waals surface area contributed by atoms with Crippen molar-refractivity contribution < 1.29 is 14.3 Å². The van der Waals surface area contributed by atoms with Crippen molar-refractivity contribution in [1.29, 1.82) is 0 Å². The number of unbranched alkanes of at least 4 members (excludes halogenated alkanes) is 1. The van der Waals surface area contributed by atoms with Crippen LogP contribution in [-0.4, -0.2) is 36.3 Å². The monoisotopic (exact) mass is 333 g/mol. The van der Waals surface area contributed by atoms with Crippen molar-refractivity contribution in [2.75, 3.05) is 19.7 Å². The number of hydrogen-bond acceptors (Lipinski definition) is 3. The molecule has 1 amide bonds. The van der Waals surface area contributed by atoms with Gasteiger partial charge in [0.05, 0.1) is 5.60 Å². The van der Waals surface area contributed by atoms with Crippen LogP contribution in [0.4, 0.5) is 4.79 Å². The third-order valence-electron chi connectivity index (χ3n) is 4.40. The van der Waals surface area contributed by atoms with Gasteiger partial charge < -0.3 is 14.4 Å². The maximum atomic E-state index is 12.3. The number of carbonyl (C=O) groups excluding carboxylic acids is 1. The van der Waals surface area contributed by atoms with Crippen LogP contribution in [0.15, 0.2) is 30.3 Å². The lowest BCUT2D eigenvalue weighted by Crippen LogP contribution is -2.48. The molecule has 24 heavy (non-hydrogen) atoms. The fourth-order valence-electron chi connectivity index (χ4n) is 3.05. The van der Waals surface area contributed by atoms with E-state index in [1.165, 1.54) is 5.56 Å². The summed E-state index contributed by atoms with van der Waals surface area (Å²) in [5, 5.41) is 0. The van der Waals surface area contributed by atoms with Gasteiger partial charge >= 0.3 is 6.09 Å². The highest BCUT2D eigenvalue weighted by Crippen LogP contribution is 2.37. The quantitative estimate of drug-likeness (QED) is 0.731. The second-order valence-corrected chi connectivity index (χ2v) is 7.53. The van der Waals surface area contributed by atoms with Gasteiger partial charge in [0.1, 0.15) is 5.60 Å². The maximum Gasteiger partial charge on any atom is 0.410 e. The van der Waals surface area contributed by atoms with Gasteiger partial charge in [-0.15, -0.1) is 0 Å². The molecule has 0 atom stereocenters. The van der Waals surface area contributed by atoms with Crippen LogP contribution >= 0.6 is 0 Å². The number of likely N-dealkylation sites (tertiary alicyclic amines) is 1. The minimum absolute atomic E-state index is 0.224. The first-order chi connectivity index (χ1) is 11.4. The highest BCUT2D eigenvalue weighted by atomic mass is 16.6. The number of ether oxygens (including phenoxy) is 2. The summed E-state index contributed by atoms with van der Waals surface area (Å²) in [5.41, 5.74) is 0.474. The topological polar surface area (TPSA) is 38.8 Å². The van der Waals surface area contributed by atoms with Gasteiger partial charge in [0.15, 0.2) is 0 Å². The molecule has 0 radical (unpaired) electrons. The Bertz CT molecular complexity index is 513. The molecule has 0 spiro atoms. The first kappa shape index (κ1) is 18.8. The molecule has 134 valence electrons. The Morgan fingerprint density at radius 2 is 1.79 bits per heavy atom. The van der Waals surface area contributed by atoms with Crippen LogP contribution in [0.2, 0.25) is 0 Å². The van der Waals surface area contributed by atoms with Gasteiger partial charge in [-0.3, -0.25) is 0 Å². The van der Waals surface area contributed by atoms with E-state index in [1.807, 2.05) is 26.8 Å². The lowest BCUT2D eigenvalue weighted by molar-refractivity contribution is -0.0909. The number of nitrogens with zero attached hydrogens (tertiary/aromatic N) is 1. The summed E-state index contributed by atoms with van der Waals surface area (Å²) in [6.45, 7) is 9.96. The summed E-state index contributed by atoms with van der Waals surface area (Å²) >= 11 is 0. The lowest BCUT2D eigenvalue weighted by atomic mass is 9.84. The smallest absolute Gasteiger partial charge is 0.410 e. The minimum atomic E-state index is -0.456. The SMILES string of the molecule is CCCCOC1(c2ccccc2)CCN(C(=O)OC(C)(C)C)CC1. The van der Waals surface area contributed by atoms with Gasteiger partial charge in [0.2, 0.25) is 0 Å². The zero-order valence-corrected chi connectivity index (χ0v) is 15.5. The maximum absolute atomic E-state index is 12.3. The van der Waals surface area contributed by atoms with Crippen molar-refractivity contribution in [1.82, 2.24) is 4.90 Å². The molecule has 1 aromatic carbocycles. The Morgan fingerprint density at radius 3 is 2.33 bits per heavy atom. The van der Waals surface area contributed by atoms with Gasteiger partial charge in [0.25, 0.3) is 0 Å². The number of rotatable bonds is 5. The molecule has 1 saturated heterocycles. The number of amides is 1. The predicted molar refractivity (Wildman–Crippen MR) is 96.0 cm³/mol. The summed E-state index contributed by atoms with van der Waals surface area (Å²) in [4.78, 5) is 14.1. The Kier molecular flexibility index (Phi) is 6.27. The second-order valence-electron chi connectivity index (χ2n) is 7.53. The first-order valence-electron chi connectivity index (χ1n) is 9.04. The summed E-state index contributed by atoms with van der Waals surface area (Å²) < 4.78 is 11.8. The Hall–Kier alpha value is -1.55. The van der Waals surface area contributed by atoms with Crippen LogP contribution in [0, 0.1) is 0 Å². The highest BCUT2D eigenvalue weighted by molar-refractivity contribution is 5.68. The second kappa shape index (κ2) is 8.02. The van der Waals surface area contributed by atoms with Gasteiger partial charge in [-0.2, -0.15) is 0 Å². The fraction of sp³-hybridized carbons (Fsp3) is 0.650. The van der Waals surface area contributed by atoms with E-state index in [1.54, 1.807) is 4.90 Å². The number of benzene rings is 1. The van der Waals surface area contributed by atoms with Crippen LogP contribution in [0.25, 0.3) is 0 Å². The van der Waals surface area contributed by atoms with Crippen LogP contribution in [-0.2, 0) is 15.1 Å². The van der Waals surface area contributed by atoms with E-state index in [2.05, 4.69) is 31.2 Å². The molecule has 1 fully saturated rings. The van der Waals surface area contributed by atoms with Gasteiger partial charge in [-0.1, -0.05) is 43.7 Å². The molecule has 1 aliphatic heterocycles. The Morgan fingerprint density at radius 1 is 1.17 bits per heavy atom.